The van der Waals surface area contributed by atoms with Gasteiger partial charge in [0, 0.05) is 5.54 Å². The summed E-state index contributed by atoms with van der Waals surface area (Å²) < 4.78 is 5.78. The first-order valence-corrected chi connectivity index (χ1v) is 9.76. The molecular weight excluding hydrogens is 378 g/mol. The fourth-order valence-electron chi connectivity index (χ4n) is 3.11. The lowest BCUT2D eigenvalue weighted by Gasteiger charge is -2.45. The molecular formula is C22H27ClNO4-. The molecule has 0 aliphatic rings. The number of hydrogen-bond acceptors (Lipinski definition) is 4. The Morgan fingerprint density at radius 1 is 1.11 bits per heavy atom. The van der Waals surface area contributed by atoms with Gasteiger partial charge in [-0.05, 0) is 50.5 Å². The Hall–Kier alpha value is -2.24. The van der Waals surface area contributed by atoms with E-state index in [1.807, 2.05) is 54.6 Å². The number of hydrogen-bond donors (Lipinski definition) is 1. The second kappa shape index (κ2) is 9.80. The summed E-state index contributed by atoms with van der Waals surface area (Å²) in [6, 6.07) is 16.6. The fourth-order valence-corrected chi connectivity index (χ4v) is 3.32. The maximum Gasteiger partial charge on any atom is 0.137 e. The minimum atomic E-state index is -1.33. The van der Waals surface area contributed by atoms with E-state index in [0.29, 0.717) is 13.0 Å². The molecule has 0 saturated heterocycles. The van der Waals surface area contributed by atoms with E-state index in [9.17, 15) is 15.0 Å². The van der Waals surface area contributed by atoms with Gasteiger partial charge in [-0.2, -0.15) is 0 Å². The Labute approximate surface area is 171 Å². The molecule has 6 heteroatoms. The van der Waals surface area contributed by atoms with Crippen molar-refractivity contribution in [3.05, 3.63) is 65.7 Å². The van der Waals surface area contributed by atoms with Crippen molar-refractivity contribution in [1.82, 2.24) is 4.90 Å². The van der Waals surface area contributed by atoms with Gasteiger partial charge in [-0.15, -0.1) is 11.6 Å². The average molecular weight is 405 g/mol. The number of aliphatic hydroxyl groups excluding tert-OH is 1. The largest absolute Gasteiger partial charge is 0.530 e. The van der Waals surface area contributed by atoms with Crippen molar-refractivity contribution in [2.75, 3.05) is 5.88 Å². The van der Waals surface area contributed by atoms with E-state index in [-0.39, 0.29) is 5.88 Å². The van der Waals surface area contributed by atoms with Crippen molar-refractivity contribution in [2.45, 2.75) is 51.5 Å². The minimum Gasteiger partial charge on any atom is -0.530 e. The summed E-state index contributed by atoms with van der Waals surface area (Å²) >= 11 is 5.83. The third-order valence-corrected chi connectivity index (χ3v) is 4.79. The van der Waals surface area contributed by atoms with Gasteiger partial charge in [0.2, 0.25) is 0 Å². The van der Waals surface area contributed by atoms with Crippen LogP contribution in [0.2, 0.25) is 0 Å². The molecule has 2 atom stereocenters. The molecule has 5 nitrogen and oxygen atoms in total. The van der Waals surface area contributed by atoms with Crippen LogP contribution in [0.1, 0.15) is 31.9 Å². The van der Waals surface area contributed by atoms with Crippen LogP contribution in [0.15, 0.2) is 54.6 Å². The molecule has 1 amide bonds. The Bertz CT molecular complexity index is 743. The van der Waals surface area contributed by atoms with Gasteiger partial charge in [0.05, 0.1) is 18.0 Å². The summed E-state index contributed by atoms with van der Waals surface area (Å²) in [7, 11) is 0. The van der Waals surface area contributed by atoms with E-state index in [2.05, 4.69) is 0 Å². The molecule has 1 N–H and O–H groups in total. The number of carboxylic acid groups (broad SMARTS) is 1. The van der Waals surface area contributed by atoms with Crippen LogP contribution in [0, 0.1) is 0 Å². The molecule has 2 rings (SSSR count). The van der Waals surface area contributed by atoms with Gasteiger partial charge in [0.25, 0.3) is 0 Å². The van der Waals surface area contributed by atoms with Crippen LogP contribution in [0.25, 0.3) is 0 Å². The smallest absolute Gasteiger partial charge is 0.137 e. The zero-order valence-corrected chi connectivity index (χ0v) is 17.2. The topological polar surface area (TPSA) is 72.8 Å². The van der Waals surface area contributed by atoms with Crippen LogP contribution in [0.4, 0.5) is 4.79 Å². The van der Waals surface area contributed by atoms with Crippen LogP contribution >= 0.6 is 11.6 Å². The van der Waals surface area contributed by atoms with Gasteiger partial charge in [-0.1, -0.05) is 42.5 Å². The standard InChI is InChI=1S/C22H28ClNO4/c1-22(2,3)24(21(26)27)19(20(25)14-23)13-16-9-11-18(12-10-16)28-15-17-7-5-4-6-8-17/h4-12,19-20,25H,13-15H2,1-3H3,(H,26,27)/p-1/t19-,20+/m0/s1. The van der Waals surface area contributed by atoms with Crippen LogP contribution in [-0.4, -0.2) is 39.7 Å². The molecule has 2 aromatic carbocycles. The third-order valence-electron chi connectivity index (χ3n) is 4.47. The van der Waals surface area contributed by atoms with E-state index >= 15 is 0 Å². The van der Waals surface area contributed by atoms with Gasteiger partial charge in [-0.3, -0.25) is 0 Å². The van der Waals surface area contributed by atoms with Crippen molar-refractivity contribution in [3.63, 3.8) is 0 Å². The van der Waals surface area contributed by atoms with Crippen molar-refractivity contribution < 1.29 is 19.7 Å². The second-order valence-corrected chi connectivity index (χ2v) is 8.03. The van der Waals surface area contributed by atoms with Crippen molar-refractivity contribution >= 4 is 17.7 Å². The maximum absolute atomic E-state index is 11.7. The molecule has 0 heterocycles. The Morgan fingerprint density at radius 2 is 1.71 bits per heavy atom. The molecule has 0 unspecified atom stereocenters. The summed E-state index contributed by atoms with van der Waals surface area (Å²) in [5.74, 6) is 0.651. The highest BCUT2D eigenvalue weighted by Crippen LogP contribution is 2.24. The lowest BCUT2D eigenvalue weighted by molar-refractivity contribution is -0.275. The SMILES string of the molecule is CC(C)(C)N(C(=O)[O-])[C@@H](Cc1ccc(OCc2ccccc2)cc1)[C@H](O)CCl. The summed E-state index contributed by atoms with van der Waals surface area (Å²) in [5.41, 5.74) is 1.22. The summed E-state index contributed by atoms with van der Waals surface area (Å²) in [6.07, 6.45) is -2.02. The van der Waals surface area contributed by atoms with E-state index < -0.39 is 23.8 Å². The molecule has 0 radical (unpaired) electrons. The highest BCUT2D eigenvalue weighted by molar-refractivity contribution is 6.18. The number of halogens is 1. The molecule has 28 heavy (non-hydrogen) atoms. The average Bonchev–Trinajstić information content (AvgIpc) is 2.65. The lowest BCUT2D eigenvalue weighted by atomic mass is 9.95. The Balaban J connectivity index is 2.10. The maximum atomic E-state index is 11.7. The molecule has 0 aliphatic heterocycles. The predicted molar refractivity (Wildman–Crippen MR) is 108 cm³/mol. The first-order valence-electron chi connectivity index (χ1n) is 9.22. The zero-order chi connectivity index (χ0) is 20.7. The molecule has 0 aromatic heterocycles. The lowest BCUT2D eigenvalue weighted by Crippen LogP contribution is -2.60. The Morgan fingerprint density at radius 3 is 2.21 bits per heavy atom. The Kier molecular flexibility index (Phi) is 7.72. The number of nitrogens with zero attached hydrogens (tertiary/aromatic N) is 1. The predicted octanol–water partition coefficient (Wildman–Crippen LogP) is 3.22. The van der Waals surface area contributed by atoms with Crippen LogP contribution in [-0.2, 0) is 13.0 Å². The third kappa shape index (κ3) is 6.14. The van der Waals surface area contributed by atoms with Gasteiger partial charge in [0.1, 0.15) is 18.4 Å². The quantitative estimate of drug-likeness (QED) is 0.685. The fraction of sp³-hybridized carbons (Fsp3) is 0.409. The number of carbonyl (C=O) groups excluding carboxylic acids is 1. The molecule has 2 aromatic rings. The molecule has 0 saturated carbocycles. The van der Waals surface area contributed by atoms with Crippen molar-refractivity contribution in [1.29, 1.82) is 0 Å². The number of rotatable bonds is 8. The van der Waals surface area contributed by atoms with Crippen LogP contribution < -0.4 is 9.84 Å². The number of alkyl halides is 1. The van der Waals surface area contributed by atoms with E-state index in [0.717, 1.165) is 16.9 Å². The molecule has 0 bridgehead atoms. The summed E-state index contributed by atoms with van der Waals surface area (Å²) in [5, 5.41) is 22.0. The summed E-state index contributed by atoms with van der Waals surface area (Å²) in [4.78, 5) is 12.9. The number of benzene rings is 2. The van der Waals surface area contributed by atoms with E-state index in [1.54, 1.807) is 20.8 Å². The monoisotopic (exact) mass is 404 g/mol. The molecule has 0 aliphatic carbocycles. The van der Waals surface area contributed by atoms with Gasteiger partial charge in [0.15, 0.2) is 0 Å². The van der Waals surface area contributed by atoms with Gasteiger partial charge >= 0.3 is 0 Å². The van der Waals surface area contributed by atoms with Crippen molar-refractivity contribution in [2.24, 2.45) is 0 Å². The molecule has 0 spiro atoms. The van der Waals surface area contributed by atoms with Gasteiger partial charge < -0.3 is 24.6 Å². The first-order chi connectivity index (χ1) is 13.2. The highest BCUT2D eigenvalue weighted by Gasteiger charge is 2.33. The number of ether oxygens (including phenoxy) is 1. The van der Waals surface area contributed by atoms with Crippen molar-refractivity contribution in [3.8, 4) is 5.75 Å². The minimum absolute atomic E-state index is 0.0667. The first kappa shape index (κ1) is 22.1. The highest BCUT2D eigenvalue weighted by atomic mass is 35.5. The number of amides is 1. The van der Waals surface area contributed by atoms with Gasteiger partial charge in [-0.25, -0.2) is 0 Å². The number of aliphatic hydroxyl groups is 1. The van der Waals surface area contributed by atoms with Crippen LogP contribution in [0.3, 0.4) is 0 Å². The molecule has 152 valence electrons. The molecule has 0 fully saturated rings. The normalized spacial score (nSPS) is 13.6. The van der Waals surface area contributed by atoms with E-state index in [4.69, 9.17) is 16.3 Å². The van der Waals surface area contributed by atoms with Crippen LogP contribution in [0.5, 0.6) is 5.75 Å². The summed E-state index contributed by atoms with van der Waals surface area (Å²) in [6.45, 7) is 5.75. The van der Waals surface area contributed by atoms with E-state index in [1.165, 1.54) is 4.90 Å². The number of carbonyl (C=O) groups is 1. The zero-order valence-electron chi connectivity index (χ0n) is 16.5. The second-order valence-electron chi connectivity index (χ2n) is 7.72.